The van der Waals surface area contributed by atoms with Crippen LogP contribution in [0.5, 0.6) is 0 Å². The van der Waals surface area contributed by atoms with Crippen LogP contribution < -0.4 is 5.73 Å². The molecule has 64 valence electrons. The van der Waals surface area contributed by atoms with Gasteiger partial charge in [0.2, 0.25) is 0 Å². The molecule has 3 nitrogen and oxygen atoms in total. The van der Waals surface area contributed by atoms with E-state index in [1.165, 1.54) is 5.57 Å². The van der Waals surface area contributed by atoms with E-state index >= 15 is 0 Å². The van der Waals surface area contributed by atoms with Gasteiger partial charge in [0, 0.05) is 25.7 Å². The molecule has 2 unspecified atom stereocenters. The van der Waals surface area contributed by atoms with E-state index in [0.29, 0.717) is 18.5 Å². The molecule has 0 aromatic rings. The van der Waals surface area contributed by atoms with E-state index in [9.17, 15) is 0 Å². The molecule has 0 radical (unpaired) electrons. The quantitative estimate of drug-likeness (QED) is 0.606. The highest BCUT2D eigenvalue weighted by molar-refractivity contribution is 5.68. The van der Waals surface area contributed by atoms with E-state index < -0.39 is 0 Å². The van der Waals surface area contributed by atoms with Gasteiger partial charge in [-0.1, -0.05) is 18.2 Å². The molecule has 0 saturated heterocycles. The van der Waals surface area contributed by atoms with E-state index in [1.807, 2.05) is 18.3 Å². The van der Waals surface area contributed by atoms with Crippen LogP contribution in [0.1, 0.15) is 0 Å². The lowest BCUT2D eigenvalue weighted by Gasteiger charge is -2.22. The second-order valence-corrected chi connectivity index (χ2v) is 3.21. The minimum absolute atomic E-state index is 0.417. The second-order valence-electron chi connectivity index (χ2n) is 3.21. The van der Waals surface area contributed by atoms with Crippen LogP contribution >= 0.6 is 0 Å². The fourth-order valence-corrected chi connectivity index (χ4v) is 1.65. The topological polar surface area (TPSA) is 41.6 Å². The minimum atomic E-state index is 0.417. The fraction of sp³-hybridized carbons (Fsp3) is 0.444. The molecule has 0 amide bonds. The van der Waals surface area contributed by atoms with Crippen LogP contribution in [0.25, 0.3) is 0 Å². The zero-order chi connectivity index (χ0) is 8.55. The number of rotatable bonds is 1. The molecule has 2 aliphatic rings. The molecule has 2 atom stereocenters. The molecule has 0 aromatic carbocycles. The molecule has 12 heavy (non-hydrogen) atoms. The average Bonchev–Trinajstić information content (AvgIpc) is 2.47. The van der Waals surface area contributed by atoms with Crippen molar-refractivity contribution < 1.29 is 0 Å². The van der Waals surface area contributed by atoms with Gasteiger partial charge in [-0.05, 0) is 5.57 Å². The standard InChI is InChI=1S/C9H13N3/c1-12-9-3-2-7(5-10)4-8(9)6-11-12/h2-4,6,8-9H,5,10H2,1H3. The number of fused-ring (bicyclic) bond motifs is 1. The monoisotopic (exact) mass is 163 g/mol. The highest BCUT2D eigenvalue weighted by Crippen LogP contribution is 2.23. The molecule has 0 fully saturated rings. The Morgan fingerprint density at radius 2 is 2.50 bits per heavy atom. The first-order valence-corrected chi connectivity index (χ1v) is 4.17. The number of hydrogen-bond acceptors (Lipinski definition) is 3. The maximum Gasteiger partial charge on any atom is 0.0763 e. The number of likely N-dealkylation sites (N-methyl/N-ethyl adjacent to an activating group) is 1. The lowest BCUT2D eigenvalue weighted by atomic mass is 9.93. The fourth-order valence-electron chi connectivity index (χ4n) is 1.65. The Morgan fingerprint density at radius 3 is 3.25 bits per heavy atom. The molecule has 3 heteroatoms. The summed E-state index contributed by atoms with van der Waals surface area (Å²) in [4.78, 5) is 0. The third kappa shape index (κ3) is 1.06. The Kier molecular flexibility index (Phi) is 1.73. The summed E-state index contributed by atoms with van der Waals surface area (Å²) in [6.07, 6.45) is 8.42. The van der Waals surface area contributed by atoms with Crippen LogP contribution in [0.15, 0.2) is 28.9 Å². The summed E-state index contributed by atoms with van der Waals surface area (Å²) in [5, 5.41) is 6.20. The van der Waals surface area contributed by atoms with Crippen LogP contribution in [0.3, 0.4) is 0 Å². The van der Waals surface area contributed by atoms with E-state index in [2.05, 4.69) is 23.3 Å². The molecule has 0 bridgehead atoms. The molecular weight excluding hydrogens is 150 g/mol. The van der Waals surface area contributed by atoms with Crippen molar-refractivity contribution >= 4 is 6.21 Å². The summed E-state index contributed by atoms with van der Waals surface area (Å²) in [5.74, 6) is 0.429. The SMILES string of the molecule is CN1N=CC2C=C(CN)C=CC21. The number of nitrogens with two attached hydrogens (primary N) is 1. The molecule has 0 aromatic heterocycles. The summed E-state index contributed by atoms with van der Waals surface area (Å²) < 4.78 is 0. The van der Waals surface area contributed by atoms with Crippen LogP contribution in [0.4, 0.5) is 0 Å². The maximum absolute atomic E-state index is 5.54. The summed E-state index contributed by atoms with van der Waals surface area (Å²) in [6.45, 7) is 0.622. The van der Waals surface area contributed by atoms with Crippen molar-refractivity contribution in [2.75, 3.05) is 13.6 Å². The molecule has 0 saturated carbocycles. The van der Waals surface area contributed by atoms with Crippen molar-refractivity contribution in [1.29, 1.82) is 0 Å². The third-order valence-corrected chi connectivity index (χ3v) is 2.40. The van der Waals surface area contributed by atoms with Crippen LogP contribution in [0.2, 0.25) is 0 Å². The highest BCUT2D eigenvalue weighted by Gasteiger charge is 2.26. The first kappa shape index (κ1) is 7.55. The molecule has 1 heterocycles. The number of hydrazone groups is 1. The first-order valence-electron chi connectivity index (χ1n) is 4.17. The van der Waals surface area contributed by atoms with Gasteiger partial charge in [-0.3, -0.25) is 5.01 Å². The predicted octanol–water partition coefficient (Wildman–Crippen LogP) is 0.357. The molecule has 0 spiro atoms. The Bertz CT molecular complexity index is 265. The van der Waals surface area contributed by atoms with Crippen molar-refractivity contribution in [1.82, 2.24) is 5.01 Å². The van der Waals surface area contributed by atoms with Crippen molar-refractivity contribution in [2.45, 2.75) is 6.04 Å². The minimum Gasteiger partial charge on any atom is -0.327 e. The van der Waals surface area contributed by atoms with Gasteiger partial charge in [0.1, 0.15) is 0 Å². The second kappa shape index (κ2) is 2.75. The van der Waals surface area contributed by atoms with Crippen LogP contribution in [0, 0.1) is 5.92 Å². The molecule has 2 rings (SSSR count). The first-order chi connectivity index (χ1) is 5.81. The zero-order valence-electron chi connectivity index (χ0n) is 7.14. The lowest BCUT2D eigenvalue weighted by Crippen LogP contribution is -2.28. The predicted molar refractivity (Wildman–Crippen MR) is 49.8 cm³/mol. The largest absolute Gasteiger partial charge is 0.327 e. The zero-order valence-corrected chi connectivity index (χ0v) is 7.14. The Morgan fingerprint density at radius 1 is 1.67 bits per heavy atom. The normalized spacial score (nSPS) is 32.2. The summed E-state index contributed by atoms with van der Waals surface area (Å²) in [6, 6.07) is 0.417. The van der Waals surface area contributed by atoms with Crippen molar-refractivity contribution in [3.63, 3.8) is 0 Å². The van der Waals surface area contributed by atoms with Crippen molar-refractivity contribution in [3.8, 4) is 0 Å². The van der Waals surface area contributed by atoms with Crippen LogP contribution in [-0.2, 0) is 0 Å². The maximum atomic E-state index is 5.54. The smallest absolute Gasteiger partial charge is 0.0763 e. The van der Waals surface area contributed by atoms with Crippen molar-refractivity contribution in [2.24, 2.45) is 16.8 Å². The van der Waals surface area contributed by atoms with Crippen LogP contribution in [-0.4, -0.2) is 30.9 Å². The van der Waals surface area contributed by atoms with Gasteiger partial charge in [-0.2, -0.15) is 5.10 Å². The molecular formula is C9H13N3. The Balaban J connectivity index is 2.20. The van der Waals surface area contributed by atoms with Gasteiger partial charge in [0.15, 0.2) is 0 Å². The Labute approximate surface area is 72.2 Å². The van der Waals surface area contributed by atoms with E-state index in [1.54, 1.807) is 0 Å². The summed E-state index contributed by atoms with van der Waals surface area (Å²) in [5.41, 5.74) is 6.75. The van der Waals surface area contributed by atoms with Gasteiger partial charge < -0.3 is 5.73 Å². The highest BCUT2D eigenvalue weighted by atomic mass is 15.5. The molecule has 2 N–H and O–H groups in total. The van der Waals surface area contributed by atoms with Gasteiger partial charge in [-0.15, -0.1) is 0 Å². The van der Waals surface area contributed by atoms with E-state index in [-0.39, 0.29) is 0 Å². The third-order valence-electron chi connectivity index (χ3n) is 2.40. The van der Waals surface area contributed by atoms with Gasteiger partial charge in [0.05, 0.1) is 6.04 Å². The number of hydrogen-bond donors (Lipinski definition) is 1. The van der Waals surface area contributed by atoms with Gasteiger partial charge in [-0.25, -0.2) is 0 Å². The van der Waals surface area contributed by atoms with Gasteiger partial charge >= 0.3 is 0 Å². The average molecular weight is 163 g/mol. The van der Waals surface area contributed by atoms with Crippen molar-refractivity contribution in [3.05, 3.63) is 23.8 Å². The van der Waals surface area contributed by atoms with E-state index in [4.69, 9.17) is 5.73 Å². The number of nitrogens with zero attached hydrogens (tertiary/aromatic N) is 2. The van der Waals surface area contributed by atoms with E-state index in [0.717, 1.165) is 0 Å². The van der Waals surface area contributed by atoms with Gasteiger partial charge in [0.25, 0.3) is 0 Å². The Hall–Kier alpha value is -1.09. The summed E-state index contributed by atoms with van der Waals surface area (Å²) >= 11 is 0. The molecule has 1 aliphatic carbocycles. The summed E-state index contributed by atoms with van der Waals surface area (Å²) in [7, 11) is 1.99. The lowest BCUT2D eigenvalue weighted by molar-refractivity contribution is 0.306. The molecule has 1 aliphatic heterocycles.